The van der Waals surface area contributed by atoms with E-state index in [1.54, 1.807) is 35.2 Å². The molecule has 2 fully saturated rings. The van der Waals surface area contributed by atoms with Crippen LogP contribution < -0.4 is 5.32 Å². The first-order chi connectivity index (χ1) is 10.1. The van der Waals surface area contributed by atoms with Gasteiger partial charge in [0.05, 0.1) is 0 Å². The third-order valence-corrected chi connectivity index (χ3v) is 4.37. The number of nitrogens with zero attached hydrogens (tertiary/aromatic N) is 1. The summed E-state index contributed by atoms with van der Waals surface area (Å²) in [5.74, 6) is 0. The van der Waals surface area contributed by atoms with Crippen LogP contribution in [0.5, 0.6) is 0 Å². The van der Waals surface area contributed by atoms with Gasteiger partial charge in [-0.25, -0.2) is 0 Å². The van der Waals surface area contributed by atoms with Gasteiger partial charge >= 0.3 is 6.18 Å². The van der Waals surface area contributed by atoms with E-state index in [-0.39, 0.29) is 12.1 Å². The number of hydrogen-bond acceptors (Lipinski definition) is 2. The number of benzene rings is 1. The van der Waals surface area contributed by atoms with Crippen molar-refractivity contribution in [1.29, 1.82) is 0 Å². The van der Waals surface area contributed by atoms with Gasteiger partial charge in [-0.3, -0.25) is 4.90 Å². The van der Waals surface area contributed by atoms with Gasteiger partial charge < -0.3 is 5.32 Å². The van der Waals surface area contributed by atoms with Crippen molar-refractivity contribution in [3.05, 3.63) is 35.9 Å². The van der Waals surface area contributed by atoms with Crippen molar-refractivity contribution < 1.29 is 13.2 Å². The van der Waals surface area contributed by atoms with Crippen LogP contribution in [0.1, 0.15) is 37.3 Å². The Morgan fingerprint density at radius 1 is 1.14 bits per heavy atom. The highest BCUT2D eigenvalue weighted by Crippen LogP contribution is 2.43. The lowest BCUT2D eigenvalue weighted by Crippen LogP contribution is -2.45. The summed E-state index contributed by atoms with van der Waals surface area (Å²) in [5.41, 5.74) is 0.356. The van der Waals surface area contributed by atoms with E-state index in [2.05, 4.69) is 5.32 Å². The van der Waals surface area contributed by atoms with Crippen LogP contribution in [0, 0.1) is 0 Å². The van der Waals surface area contributed by atoms with Crippen LogP contribution in [0.25, 0.3) is 0 Å². The van der Waals surface area contributed by atoms with Crippen molar-refractivity contribution in [2.24, 2.45) is 0 Å². The molecule has 5 heteroatoms. The third kappa shape index (κ3) is 3.58. The van der Waals surface area contributed by atoms with Crippen molar-refractivity contribution in [2.75, 3.05) is 13.1 Å². The van der Waals surface area contributed by atoms with Gasteiger partial charge in [0.2, 0.25) is 0 Å². The van der Waals surface area contributed by atoms with Crippen LogP contribution in [0.2, 0.25) is 0 Å². The summed E-state index contributed by atoms with van der Waals surface area (Å²) in [6, 6.07) is 7.12. The van der Waals surface area contributed by atoms with Gasteiger partial charge in [0.15, 0.2) is 0 Å². The maximum absolute atomic E-state index is 13.7. The molecule has 2 aliphatic rings. The summed E-state index contributed by atoms with van der Waals surface area (Å²) in [6.07, 6.45) is -0.436. The van der Waals surface area contributed by atoms with Crippen LogP contribution >= 0.6 is 0 Å². The van der Waals surface area contributed by atoms with E-state index >= 15 is 0 Å². The third-order valence-electron chi connectivity index (χ3n) is 4.37. The Labute approximate surface area is 123 Å². The zero-order valence-electron chi connectivity index (χ0n) is 11.9. The summed E-state index contributed by atoms with van der Waals surface area (Å²) in [6.45, 7) is 1.41. The lowest BCUT2D eigenvalue weighted by atomic mass is 10.0. The Balaban J connectivity index is 1.85. The highest BCUT2D eigenvalue weighted by molar-refractivity contribution is 5.21. The molecule has 1 aliphatic carbocycles. The van der Waals surface area contributed by atoms with Crippen molar-refractivity contribution in [3.8, 4) is 0 Å². The molecule has 0 amide bonds. The number of rotatable bonds is 5. The van der Waals surface area contributed by atoms with Gasteiger partial charge in [0, 0.05) is 18.6 Å². The van der Waals surface area contributed by atoms with Gasteiger partial charge in [0.1, 0.15) is 6.04 Å². The fourth-order valence-corrected chi connectivity index (χ4v) is 3.24. The van der Waals surface area contributed by atoms with Gasteiger partial charge in [-0.2, -0.15) is 13.2 Å². The Morgan fingerprint density at radius 3 is 2.38 bits per heavy atom. The summed E-state index contributed by atoms with van der Waals surface area (Å²) >= 11 is 0. The van der Waals surface area contributed by atoms with Crippen LogP contribution in [0.4, 0.5) is 13.2 Å². The normalized spacial score (nSPS) is 24.5. The minimum absolute atomic E-state index is 0.0826. The van der Waals surface area contributed by atoms with Crippen LogP contribution in [0.15, 0.2) is 30.3 Å². The fraction of sp³-hybridized carbons (Fsp3) is 0.625. The fourth-order valence-electron chi connectivity index (χ4n) is 3.24. The van der Waals surface area contributed by atoms with Gasteiger partial charge in [-0.15, -0.1) is 0 Å². The second-order valence-electron chi connectivity index (χ2n) is 6.08. The molecule has 1 aromatic rings. The average Bonchev–Trinajstić information content (AvgIpc) is 3.16. The van der Waals surface area contributed by atoms with Crippen LogP contribution in [-0.2, 0) is 0 Å². The molecular formula is C16H21F3N2. The van der Waals surface area contributed by atoms with Crippen LogP contribution in [0.3, 0.4) is 0 Å². The SMILES string of the molecule is FC(F)(F)C(c1ccccc1)N(CC1CCCN1)C1CC1. The van der Waals surface area contributed by atoms with E-state index < -0.39 is 12.2 Å². The summed E-state index contributed by atoms with van der Waals surface area (Å²) < 4.78 is 41.0. The molecular weight excluding hydrogens is 277 g/mol. The summed E-state index contributed by atoms with van der Waals surface area (Å²) in [4.78, 5) is 1.68. The van der Waals surface area contributed by atoms with E-state index in [4.69, 9.17) is 0 Å². The molecule has 1 saturated heterocycles. The quantitative estimate of drug-likeness (QED) is 0.895. The Hall–Kier alpha value is -1.07. The largest absolute Gasteiger partial charge is 0.408 e. The molecule has 0 aromatic heterocycles. The maximum Gasteiger partial charge on any atom is 0.408 e. The summed E-state index contributed by atoms with van der Waals surface area (Å²) in [7, 11) is 0. The molecule has 2 nitrogen and oxygen atoms in total. The summed E-state index contributed by atoms with van der Waals surface area (Å²) in [5, 5.41) is 3.32. The zero-order chi connectivity index (χ0) is 14.9. The topological polar surface area (TPSA) is 15.3 Å². The smallest absolute Gasteiger partial charge is 0.313 e. The molecule has 2 atom stereocenters. The Bertz CT molecular complexity index is 450. The molecule has 116 valence electrons. The van der Waals surface area contributed by atoms with Crippen molar-refractivity contribution in [2.45, 2.75) is 50.0 Å². The Kier molecular flexibility index (Phi) is 4.22. The minimum Gasteiger partial charge on any atom is -0.313 e. The molecule has 1 aromatic carbocycles. The van der Waals surface area contributed by atoms with Crippen molar-refractivity contribution in [3.63, 3.8) is 0 Å². The van der Waals surface area contributed by atoms with Crippen molar-refractivity contribution in [1.82, 2.24) is 10.2 Å². The highest BCUT2D eigenvalue weighted by Gasteiger charge is 2.49. The maximum atomic E-state index is 13.7. The number of hydrogen-bond donors (Lipinski definition) is 1. The molecule has 0 spiro atoms. The first kappa shape index (κ1) is 14.9. The molecule has 21 heavy (non-hydrogen) atoms. The number of alkyl halides is 3. The van der Waals surface area contributed by atoms with E-state index in [0.29, 0.717) is 12.1 Å². The first-order valence-corrected chi connectivity index (χ1v) is 7.66. The van der Waals surface area contributed by atoms with E-state index in [9.17, 15) is 13.2 Å². The van der Waals surface area contributed by atoms with E-state index in [1.807, 2.05) is 0 Å². The molecule has 1 N–H and O–H groups in total. The molecule has 0 bridgehead atoms. The predicted molar refractivity (Wildman–Crippen MR) is 76.0 cm³/mol. The zero-order valence-corrected chi connectivity index (χ0v) is 11.9. The van der Waals surface area contributed by atoms with E-state index in [0.717, 1.165) is 32.2 Å². The lowest BCUT2D eigenvalue weighted by molar-refractivity contribution is -0.189. The number of halogens is 3. The first-order valence-electron chi connectivity index (χ1n) is 7.66. The predicted octanol–water partition coefficient (Wildman–Crippen LogP) is 3.51. The lowest BCUT2D eigenvalue weighted by Gasteiger charge is -2.35. The average molecular weight is 298 g/mol. The molecule has 1 saturated carbocycles. The Morgan fingerprint density at radius 2 is 1.86 bits per heavy atom. The van der Waals surface area contributed by atoms with Gasteiger partial charge in [-0.1, -0.05) is 30.3 Å². The number of nitrogens with one attached hydrogen (secondary N) is 1. The molecule has 2 unspecified atom stereocenters. The van der Waals surface area contributed by atoms with Crippen molar-refractivity contribution >= 4 is 0 Å². The molecule has 3 rings (SSSR count). The molecule has 0 radical (unpaired) electrons. The monoisotopic (exact) mass is 298 g/mol. The van der Waals surface area contributed by atoms with Crippen LogP contribution in [-0.4, -0.2) is 36.2 Å². The minimum atomic E-state index is -4.23. The van der Waals surface area contributed by atoms with Gasteiger partial charge in [-0.05, 0) is 37.8 Å². The second kappa shape index (κ2) is 5.97. The highest BCUT2D eigenvalue weighted by atomic mass is 19.4. The van der Waals surface area contributed by atoms with Gasteiger partial charge in [0.25, 0.3) is 0 Å². The second-order valence-corrected chi connectivity index (χ2v) is 6.08. The molecule has 1 heterocycles. The van der Waals surface area contributed by atoms with E-state index in [1.165, 1.54) is 0 Å². The standard InChI is InChI=1S/C16H21F3N2/c17-16(18,19)15(12-5-2-1-3-6-12)21(14-8-9-14)11-13-7-4-10-20-13/h1-3,5-6,13-15,20H,4,7-11H2. The molecule has 1 aliphatic heterocycles.